The van der Waals surface area contributed by atoms with Crippen LogP contribution in [0.25, 0.3) is 0 Å². The van der Waals surface area contributed by atoms with E-state index in [1.807, 2.05) is 6.92 Å². The van der Waals surface area contributed by atoms with Crippen molar-refractivity contribution in [2.45, 2.75) is 32.6 Å². The Balaban J connectivity index is 2.32. The second-order valence-electron chi connectivity index (χ2n) is 4.12. The second kappa shape index (κ2) is 5.99. The Morgan fingerprint density at radius 1 is 1.40 bits per heavy atom. The molecule has 0 aromatic carbocycles. The molecule has 0 aliphatic rings. The highest BCUT2D eigenvalue weighted by Crippen LogP contribution is 2.17. The molecule has 106 valence electrons. The highest BCUT2D eigenvalue weighted by Gasteiger charge is 2.27. The Morgan fingerprint density at radius 2 is 2.20 bits per heavy atom. The number of hydrogen-bond donors (Lipinski definition) is 0. The van der Waals surface area contributed by atoms with Gasteiger partial charge in [-0.25, -0.2) is 4.79 Å². The monoisotopic (exact) mass is 279 g/mol. The third-order valence-corrected chi connectivity index (χ3v) is 2.73. The Kier molecular flexibility index (Phi) is 4.13. The van der Waals surface area contributed by atoms with E-state index in [0.717, 1.165) is 28.6 Å². The first-order chi connectivity index (χ1) is 9.65. The standard InChI is InChI=1S/C10H13N7O3/c1-2-3-4-5-8-9(17(19)20)12-14-16(8)10(18)15-7-6-11-13-15/h6-7H,2-5H2,1H3. The fourth-order valence-electron chi connectivity index (χ4n) is 1.76. The van der Waals surface area contributed by atoms with E-state index in [-0.39, 0.29) is 5.69 Å². The number of carbonyl (C=O) groups excluding carboxylic acids is 1. The van der Waals surface area contributed by atoms with E-state index in [4.69, 9.17) is 0 Å². The lowest BCUT2D eigenvalue weighted by atomic mass is 10.1. The van der Waals surface area contributed by atoms with E-state index < -0.39 is 16.8 Å². The van der Waals surface area contributed by atoms with Crippen molar-refractivity contribution in [1.82, 2.24) is 30.0 Å². The molecule has 2 aromatic heterocycles. The summed E-state index contributed by atoms with van der Waals surface area (Å²) in [7, 11) is 0. The van der Waals surface area contributed by atoms with E-state index in [2.05, 4.69) is 20.6 Å². The van der Waals surface area contributed by atoms with E-state index in [1.54, 1.807) is 0 Å². The Labute approximate surface area is 113 Å². The maximum Gasteiger partial charge on any atom is 0.414 e. The lowest BCUT2D eigenvalue weighted by Gasteiger charge is -2.02. The summed E-state index contributed by atoms with van der Waals surface area (Å²) in [5, 5.41) is 25.0. The van der Waals surface area contributed by atoms with Gasteiger partial charge in [0.1, 0.15) is 5.10 Å². The molecule has 0 saturated carbocycles. The number of nitrogens with zero attached hydrogens (tertiary/aromatic N) is 7. The van der Waals surface area contributed by atoms with Gasteiger partial charge >= 0.3 is 11.8 Å². The van der Waals surface area contributed by atoms with E-state index >= 15 is 0 Å². The van der Waals surface area contributed by atoms with Gasteiger partial charge in [0.15, 0.2) is 5.69 Å². The van der Waals surface area contributed by atoms with Crippen molar-refractivity contribution in [1.29, 1.82) is 0 Å². The van der Waals surface area contributed by atoms with Crippen LogP contribution >= 0.6 is 0 Å². The predicted octanol–water partition coefficient (Wildman–Crippen LogP) is 1.03. The quantitative estimate of drug-likeness (QED) is 0.455. The Bertz CT molecular complexity index is 604. The van der Waals surface area contributed by atoms with Gasteiger partial charge in [-0.05, 0) is 17.8 Å². The molecule has 2 aromatic rings. The maximum absolute atomic E-state index is 12.1. The molecule has 0 atom stereocenters. The van der Waals surface area contributed by atoms with Crippen LogP contribution in [0.3, 0.4) is 0 Å². The average Bonchev–Trinajstić information content (AvgIpc) is 3.07. The summed E-state index contributed by atoms with van der Waals surface area (Å²) in [5.41, 5.74) is 0.184. The Hall–Kier alpha value is -2.65. The van der Waals surface area contributed by atoms with Gasteiger partial charge in [0.05, 0.1) is 17.6 Å². The average molecular weight is 279 g/mol. The fraction of sp³-hybridized carbons (Fsp3) is 0.500. The zero-order valence-electron chi connectivity index (χ0n) is 10.8. The van der Waals surface area contributed by atoms with Crippen molar-refractivity contribution < 1.29 is 9.72 Å². The van der Waals surface area contributed by atoms with Crippen LogP contribution in [0.2, 0.25) is 0 Å². The molecule has 0 saturated heterocycles. The lowest BCUT2D eigenvalue weighted by Crippen LogP contribution is -2.23. The first-order valence-corrected chi connectivity index (χ1v) is 6.15. The van der Waals surface area contributed by atoms with Crippen molar-refractivity contribution in [3.05, 3.63) is 28.2 Å². The number of hydrogen-bond acceptors (Lipinski definition) is 7. The zero-order valence-corrected chi connectivity index (χ0v) is 10.8. The molecule has 2 heterocycles. The van der Waals surface area contributed by atoms with Crippen molar-refractivity contribution in [3.8, 4) is 0 Å². The van der Waals surface area contributed by atoms with E-state index in [1.165, 1.54) is 12.4 Å². The molecule has 10 nitrogen and oxygen atoms in total. The number of unbranched alkanes of at least 4 members (excludes halogenated alkanes) is 2. The fourth-order valence-corrected chi connectivity index (χ4v) is 1.76. The van der Waals surface area contributed by atoms with Crippen LogP contribution in [0.5, 0.6) is 0 Å². The third kappa shape index (κ3) is 2.68. The van der Waals surface area contributed by atoms with E-state index in [9.17, 15) is 14.9 Å². The van der Waals surface area contributed by atoms with Crippen LogP contribution in [-0.2, 0) is 6.42 Å². The predicted molar refractivity (Wildman–Crippen MR) is 66.1 cm³/mol. The molecule has 20 heavy (non-hydrogen) atoms. The number of carbonyl (C=O) groups is 1. The number of rotatable bonds is 5. The normalized spacial score (nSPS) is 10.7. The van der Waals surface area contributed by atoms with Gasteiger partial charge in [0.25, 0.3) is 0 Å². The lowest BCUT2D eigenvalue weighted by molar-refractivity contribution is -0.390. The van der Waals surface area contributed by atoms with Gasteiger partial charge in [-0.2, -0.15) is 4.68 Å². The van der Waals surface area contributed by atoms with Crippen molar-refractivity contribution in [2.24, 2.45) is 0 Å². The largest absolute Gasteiger partial charge is 0.414 e. The second-order valence-corrected chi connectivity index (χ2v) is 4.12. The van der Waals surface area contributed by atoms with Crippen molar-refractivity contribution in [2.75, 3.05) is 0 Å². The summed E-state index contributed by atoms with van der Waals surface area (Å²) < 4.78 is 1.85. The molecule has 2 rings (SSSR count). The van der Waals surface area contributed by atoms with Crippen LogP contribution in [0, 0.1) is 10.1 Å². The minimum absolute atomic E-state index is 0.184. The summed E-state index contributed by atoms with van der Waals surface area (Å²) in [6, 6.07) is -0.644. The van der Waals surface area contributed by atoms with Crippen LogP contribution < -0.4 is 0 Å². The van der Waals surface area contributed by atoms with Crippen molar-refractivity contribution in [3.63, 3.8) is 0 Å². The van der Waals surface area contributed by atoms with E-state index in [0.29, 0.717) is 6.42 Å². The first-order valence-electron chi connectivity index (χ1n) is 6.15. The zero-order chi connectivity index (χ0) is 14.5. The van der Waals surface area contributed by atoms with Gasteiger partial charge in [-0.3, -0.25) is 0 Å². The van der Waals surface area contributed by atoms with Crippen LogP contribution in [0.1, 0.15) is 31.9 Å². The molecule has 0 spiro atoms. The minimum Gasteiger partial charge on any atom is -0.358 e. The SMILES string of the molecule is CCCCCc1c([N+](=O)[O-])nnn1C(=O)n1ccnn1. The molecule has 0 amide bonds. The molecule has 0 fully saturated rings. The van der Waals surface area contributed by atoms with Crippen molar-refractivity contribution >= 4 is 11.8 Å². The van der Waals surface area contributed by atoms with Crippen LogP contribution in [-0.4, -0.2) is 40.9 Å². The highest BCUT2D eigenvalue weighted by atomic mass is 16.6. The maximum atomic E-state index is 12.1. The Morgan fingerprint density at radius 3 is 2.80 bits per heavy atom. The summed E-state index contributed by atoms with van der Waals surface area (Å²) in [4.78, 5) is 22.4. The van der Waals surface area contributed by atoms with Gasteiger partial charge in [0, 0.05) is 0 Å². The summed E-state index contributed by atoms with van der Waals surface area (Å²) in [6.07, 6.45) is 5.62. The molecule has 0 unspecified atom stereocenters. The van der Waals surface area contributed by atoms with Gasteiger partial charge in [-0.15, -0.1) is 9.78 Å². The molecule has 0 radical (unpaired) electrons. The van der Waals surface area contributed by atoms with Crippen LogP contribution in [0.15, 0.2) is 12.4 Å². The molecule has 0 aliphatic heterocycles. The number of nitro groups is 1. The molecule has 10 heteroatoms. The third-order valence-electron chi connectivity index (χ3n) is 2.73. The molecular weight excluding hydrogens is 266 g/mol. The minimum atomic E-state index is -0.644. The topological polar surface area (TPSA) is 122 Å². The van der Waals surface area contributed by atoms with Gasteiger partial charge in [-0.1, -0.05) is 25.0 Å². The molecule has 0 N–H and O–H groups in total. The summed E-state index contributed by atoms with van der Waals surface area (Å²) in [6.45, 7) is 2.02. The molecule has 0 bridgehead atoms. The highest BCUT2D eigenvalue weighted by molar-refractivity contribution is 5.78. The summed E-state index contributed by atoms with van der Waals surface area (Å²) >= 11 is 0. The van der Waals surface area contributed by atoms with Crippen LogP contribution in [0.4, 0.5) is 10.6 Å². The first kappa shape index (κ1) is 13.8. The smallest absolute Gasteiger partial charge is 0.358 e. The summed E-state index contributed by atoms with van der Waals surface area (Å²) in [5.74, 6) is -0.394. The number of aromatic nitrogens is 6. The van der Waals surface area contributed by atoms with Gasteiger partial charge < -0.3 is 10.1 Å². The van der Waals surface area contributed by atoms with Gasteiger partial charge in [0.2, 0.25) is 0 Å². The molecular formula is C10H13N7O3. The molecule has 0 aliphatic carbocycles.